The summed E-state index contributed by atoms with van der Waals surface area (Å²) in [6.07, 6.45) is 7.85. The molecule has 4 aromatic rings. The van der Waals surface area contributed by atoms with Gasteiger partial charge in [0.05, 0.1) is 11.1 Å². The molecule has 0 aliphatic rings. The normalized spacial score (nSPS) is 12.1. The summed E-state index contributed by atoms with van der Waals surface area (Å²) in [5.74, 6) is -0.804. The average molecular weight is 607 g/mol. The Morgan fingerprint density at radius 3 is 1.20 bits per heavy atom. The number of nitrogens with zero attached hydrogens (tertiary/aromatic N) is 2. The number of hydrogen-bond acceptors (Lipinski definition) is 4. The van der Waals surface area contributed by atoms with E-state index in [1.165, 1.54) is 48.6 Å². The van der Waals surface area contributed by atoms with Gasteiger partial charge in [-0.05, 0) is 83.0 Å². The zero-order chi connectivity index (χ0) is 32.0. The predicted octanol–water partition coefficient (Wildman–Crippen LogP) is 8.79. The van der Waals surface area contributed by atoms with Crippen molar-refractivity contribution in [2.75, 3.05) is 0 Å². The molecule has 10 heteroatoms. The van der Waals surface area contributed by atoms with Crippen molar-refractivity contribution in [2.24, 2.45) is 0 Å². The third kappa shape index (κ3) is 11.1. The summed E-state index contributed by atoms with van der Waals surface area (Å²) in [7, 11) is 0. The molecule has 0 radical (unpaired) electrons. The molecule has 0 unspecified atom stereocenters. The van der Waals surface area contributed by atoms with Crippen LogP contribution >= 0.6 is 0 Å². The number of alkyl halides is 6. The Labute approximate surface area is 249 Å². The number of ketones is 2. The number of rotatable bonds is 8. The first-order chi connectivity index (χ1) is 20.9. The number of carbonyl (C=O) groups is 2. The summed E-state index contributed by atoms with van der Waals surface area (Å²) in [5.41, 5.74) is -0.429. The van der Waals surface area contributed by atoms with Crippen molar-refractivity contribution < 1.29 is 35.9 Å². The van der Waals surface area contributed by atoms with E-state index in [2.05, 4.69) is 9.97 Å². The molecular weight excluding hydrogens is 582 g/mol. The van der Waals surface area contributed by atoms with E-state index in [1.807, 2.05) is 24.3 Å². The Morgan fingerprint density at radius 1 is 0.500 bits per heavy atom. The fourth-order valence-electron chi connectivity index (χ4n) is 3.56. The van der Waals surface area contributed by atoms with Gasteiger partial charge in [-0.25, -0.2) is 0 Å². The van der Waals surface area contributed by atoms with Crippen LogP contribution in [0.3, 0.4) is 0 Å². The van der Waals surface area contributed by atoms with Gasteiger partial charge in [0.15, 0.2) is 11.6 Å². The van der Waals surface area contributed by atoms with Crippen molar-refractivity contribution >= 4 is 35.9 Å². The van der Waals surface area contributed by atoms with Crippen LogP contribution < -0.4 is 0 Å². The van der Waals surface area contributed by atoms with Crippen LogP contribution in [0.25, 0.3) is 24.3 Å². The lowest BCUT2D eigenvalue weighted by Gasteiger charge is -2.09. The summed E-state index contributed by atoms with van der Waals surface area (Å²) in [5, 5.41) is 0. The minimum Gasteiger partial charge on any atom is -0.290 e. The first-order valence-electron chi connectivity index (χ1n) is 12.9. The number of benzene rings is 2. The monoisotopic (exact) mass is 606 g/mol. The highest BCUT2D eigenvalue weighted by molar-refractivity contribution is 6.05. The molecule has 4 nitrogen and oxygen atoms in total. The van der Waals surface area contributed by atoms with Crippen LogP contribution in [-0.2, 0) is 21.9 Å². The van der Waals surface area contributed by atoms with Gasteiger partial charge >= 0.3 is 12.4 Å². The summed E-state index contributed by atoms with van der Waals surface area (Å²) in [6, 6.07) is 16.8. The summed E-state index contributed by atoms with van der Waals surface area (Å²) in [6.45, 7) is 0. The highest BCUT2D eigenvalue weighted by Crippen LogP contribution is 2.33. The van der Waals surface area contributed by atoms with E-state index in [4.69, 9.17) is 0 Å². The molecule has 0 aliphatic carbocycles. The molecule has 0 aliphatic heterocycles. The van der Waals surface area contributed by atoms with Crippen molar-refractivity contribution in [1.29, 1.82) is 0 Å². The molecule has 0 N–H and O–H groups in total. The minimum atomic E-state index is -4.58. The molecular formula is C34H24F6N2O2. The van der Waals surface area contributed by atoms with E-state index >= 15 is 0 Å². The summed E-state index contributed by atoms with van der Waals surface area (Å²) >= 11 is 0. The van der Waals surface area contributed by atoms with Crippen LogP contribution in [0.5, 0.6) is 0 Å². The van der Waals surface area contributed by atoms with E-state index in [0.29, 0.717) is 0 Å². The summed E-state index contributed by atoms with van der Waals surface area (Å²) < 4.78 is 77.2. The molecule has 0 atom stereocenters. The Bertz CT molecular complexity index is 1540. The van der Waals surface area contributed by atoms with Gasteiger partial charge in [0.1, 0.15) is 0 Å². The summed E-state index contributed by atoms with van der Waals surface area (Å²) in [4.78, 5) is 31.3. The van der Waals surface area contributed by atoms with Crippen LogP contribution in [0.2, 0.25) is 0 Å². The third-order valence-corrected chi connectivity index (χ3v) is 5.64. The Hall–Kier alpha value is -5.38. The lowest BCUT2D eigenvalue weighted by molar-refractivity contribution is -0.138. The highest BCUT2D eigenvalue weighted by atomic mass is 19.4. The van der Waals surface area contributed by atoms with Crippen molar-refractivity contribution in [3.05, 3.63) is 155 Å². The van der Waals surface area contributed by atoms with E-state index in [9.17, 15) is 35.9 Å². The maximum absolute atomic E-state index is 12.9. The smallest absolute Gasteiger partial charge is 0.290 e. The van der Waals surface area contributed by atoms with Crippen LogP contribution in [0.15, 0.2) is 122 Å². The van der Waals surface area contributed by atoms with Gasteiger partial charge in [0, 0.05) is 24.8 Å². The van der Waals surface area contributed by atoms with E-state index < -0.39 is 29.3 Å². The molecule has 2 aromatic heterocycles. The fraction of sp³-hybridized carbons (Fsp3) is 0.0588. The maximum Gasteiger partial charge on any atom is 0.416 e. The molecule has 44 heavy (non-hydrogen) atoms. The van der Waals surface area contributed by atoms with Crippen LogP contribution in [0.1, 0.15) is 33.4 Å². The zero-order valence-corrected chi connectivity index (χ0v) is 22.8. The number of allylic oxidation sites excluding steroid dienone is 4. The molecule has 224 valence electrons. The van der Waals surface area contributed by atoms with Gasteiger partial charge < -0.3 is 0 Å². The van der Waals surface area contributed by atoms with Gasteiger partial charge in [0.25, 0.3) is 0 Å². The van der Waals surface area contributed by atoms with Gasteiger partial charge in [-0.1, -0.05) is 60.7 Å². The number of pyridine rings is 2. The van der Waals surface area contributed by atoms with Gasteiger partial charge in [-0.2, -0.15) is 26.3 Å². The Kier molecular flexibility index (Phi) is 11.8. The van der Waals surface area contributed by atoms with Crippen molar-refractivity contribution in [3.8, 4) is 0 Å². The molecule has 0 fully saturated rings. The van der Waals surface area contributed by atoms with E-state index in [1.54, 1.807) is 36.9 Å². The molecule has 4 rings (SSSR count). The van der Waals surface area contributed by atoms with Crippen LogP contribution in [0.4, 0.5) is 26.3 Å². The largest absolute Gasteiger partial charge is 0.416 e. The first kappa shape index (κ1) is 33.1. The first-order valence-corrected chi connectivity index (χ1v) is 12.9. The standard InChI is InChI=1S/C19H12F6O.C15H12N2O/c20-18(21,22)16-7-3-1-5-13(16)9-11-15(26)12-10-14-6-2-4-8-17(14)19(23,24)25;18-15(7-5-13-3-1-9-16-11-13)8-6-14-4-2-10-17-12-14/h1-12H;1-12H/b11-9+,12-10+;7-5+,8-6+. The number of carbonyl (C=O) groups excluding carboxylic acids is 2. The second-order valence-electron chi connectivity index (χ2n) is 8.88. The lowest BCUT2D eigenvalue weighted by atomic mass is 10.0. The van der Waals surface area contributed by atoms with E-state index in [0.717, 1.165) is 47.6 Å². The zero-order valence-electron chi connectivity index (χ0n) is 22.8. The minimum absolute atomic E-state index is 0.0669. The van der Waals surface area contributed by atoms with Crippen molar-refractivity contribution in [3.63, 3.8) is 0 Å². The SMILES string of the molecule is O=C(/C=C/c1ccccc1C(F)(F)F)/C=C/c1ccccc1C(F)(F)F.O=C(/C=C/c1cccnc1)/C=C/c1cccnc1. The highest BCUT2D eigenvalue weighted by Gasteiger charge is 2.33. The topological polar surface area (TPSA) is 59.9 Å². The van der Waals surface area contributed by atoms with Gasteiger partial charge in [0.2, 0.25) is 0 Å². The molecule has 2 heterocycles. The second-order valence-corrected chi connectivity index (χ2v) is 8.88. The molecule has 2 aromatic carbocycles. The second kappa shape index (κ2) is 15.7. The van der Waals surface area contributed by atoms with E-state index in [-0.39, 0.29) is 16.9 Å². The molecule has 0 saturated heterocycles. The molecule has 0 bridgehead atoms. The number of hydrogen-bond donors (Lipinski definition) is 0. The quantitative estimate of drug-likeness (QED) is 0.149. The third-order valence-electron chi connectivity index (χ3n) is 5.64. The van der Waals surface area contributed by atoms with Crippen molar-refractivity contribution in [2.45, 2.75) is 12.4 Å². The van der Waals surface area contributed by atoms with Crippen LogP contribution in [0, 0.1) is 0 Å². The van der Waals surface area contributed by atoms with Gasteiger partial charge in [-0.15, -0.1) is 0 Å². The fourth-order valence-corrected chi connectivity index (χ4v) is 3.56. The maximum atomic E-state index is 12.9. The number of halogens is 6. The van der Waals surface area contributed by atoms with Gasteiger partial charge in [-0.3, -0.25) is 19.6 Å². The van der Waals surface area contributed by atoms with Crippen LogP contribution in [-0.4, -0.2) is 21.5 Å². The number of aromatic nitrogens is 2. The molecule has 0 saturated carbocycles. The Balaban J connectivity index is 0.000000257. The lowest BCUT2D eigenvalue weighted by Crippen LogP contribution is -2.07. The molecule has 0 spiro atoms. The average Bonchev–Trinajstić information content (AvgIpc) is 3.01. The van der Waals surface area contributed by atoms with Crippen molar-refractivity contribution in [1.82, 2.24) is 9.97 Å². The molecule has 0 amide bonds. The predicted molar refractivity (Wildman–Crippen MR) is 158 cm³/mol. The Morgan fingerprint density at radius 2 is 0.864 bits per heavy atom.